The molecule has 8 nitrogen and oxygen atoms in total. The summed E-state index contributed by atoms with van der Waals surface area (Å²) in [5.41, 5.74) is 10.8. The highest BCUT2D eigenvalue weighted by Crippen LogP contribution is 2.13. The Bertz CT molecular complexity index is 339. The number of rotatable bonds is 8. The van der Waals surface area contributed by atoms with Gasteiger partial charge in [0.1, 0.15) is 0 Å². The van der Waals surface area contributed by atoms with E-state index in [1.54, 1.807) is 0 Å². The normalized spacial score (nSPS) is 13.6. The van der Waals surface area contributed by atoms with Gasteiger partial charge in [0.15, 0.2) is 0 Å². The lowest BCUT2D eigenvalue weighted by Gasteiger charge is -2.11. The van der Waals surface area contributed by atoms with Crippen molar-refractivity contribution in [2.45, 2.75) is 37.8 Å². The zero-order valence-electron chi connectivity index (χ0n) is 10.1. The van der Waals surface area contributed by atoms with Crippen LogP contribution in [-0.2, 0) is 19.2 Å². The lowest BCUT2D eigenvalue weighted by Crippen LogP contribution is -2.34. The highest BCUT2D eigenvalue weighted by atomic mass is 32.2. The Morgan fingerprint density at radius 3 is 1.42 bits per heavy atom. The molecule has 0 radical (unpaired) electrons. The van der Waals surface area contributed by atoms with Crippen molar-refractivity contribution < 1.29 is 29.4 Å². The number of hydrogen-bond acceptors (Lipinski definition) is 7. The molecule has 0 heterocycles. The Hall–Kier alpha value is -1.45. The molecule has 6 N–H and O–H groups in total. The molecule has 108 valence electrons. The average molecular weight is 292 g/mol. The van der Waals surface area contributed by atoms with Crippen LogP contribution < -0.4 is 11.5 Å². The lowest BCUT2D eigenvalue weighted by molar-refractivity contribution is -0.138. The highest BCUT2D eigenvalue weighted by molar-refractivity contribution is 8.26. The monoisotopic (exact) mass is 292 g/mol. The number of carboxylic acid groups (broad SMARTS) is 2. The van der Waals surface area contributed by atoms with Crippen molar-refractivity contribution in [1.29, 1.82) is 0 Å². The van der Waals surface area contributed by atoms with Gasteiger partial charge in [-0.1, -0.05) is 0 Å². The number of nitrogens with two attached hydrogens (primary N) is 2. The van der Waals surface area contributed by atoms with Crippen LogP contribution in [0.3, 0.4) is 0 Å². The van der Waals surface area contributed by atoms with Gasteiger partial charge in [-0.15, -0.1) is 0 Å². The van der Waals surface area contributed by atoms with Gasteiger partial charge in [-0.05, 0) is 24.6 Å². The van der Waals surface area contributed by atoms with Crippen LogP contribution in [0.15, 0.2) is 0 Å². The van der Waals surface area contributed by atoms with Crippen molar-refractivity contribution in [3.05, 3.63) is 0 Å². The molecular weight excluding hydrogens is 276 g/mol. The van der Waals surface area contributed by atoms with Crippen LogP contribution in [0.1, 0.15) is 25.7 Å². The third-order valence-electron chi connectivity index (χ3n) is 2.15. The van der Waals surface area contributed by atoms with Gasteiger partial charge in [0.25, 0.3) is 0 Å². The summed E-state index contributed by atoms with van der Waals surface area (Å²) in [5.74, 6) is -2.17. The molecule has 2 atom stereocenters. The van der Waals surface area contributed by atoms with E-state index in [2.05, 4.69) is 0 Å². The van der Waals surface area contributed by atoms with Crippen LogP contribution in [-0.4, -0.2) is 44.5 Å². The molecular formula is C10H16N2O6S. The Kier molecular flexibility index (Phi) is 7.96. The molecule has 0 bridgehead atoms. The molecule has 0 rings (SSSR count). The summed E-state index contributed by atoms with van der Waals surface area (Å²) in [5, 5.41) is 15.5. The molecule has 0 saturated carbocycles. The van der Waals surface area contributed by atoms with E-state index in [1.165, 1.54) is 0 Å². The molecule has 0 aliphatic heterocycles. The van der Waals surface area contributed by atoms with E-state index in [0.29, 0.717) is 11.8 Å². The van der Waals surface area contributed by atoms with Crippen LogP contribution >= 0.6 is 11.8 Å². The number of aliphatic carboxylic acids is 2. The van der Waals surface area contributed by atoms with E-state index < -0.39 is 34.3 Å². The summed E-state index contributed by atoms with van der Waals surface area (Å²) >= 11 is 0.305. The summed E-state index contributed by atoms with van der Waals surface area (Å²) in [4.78, 5) is 43.5. The smallest absolute Gasteiger partial charge is 0.303 e. The predicted octanol–water partition coefficient (Wildman–Crippen LogP) is -0.843. The third kappa shape index (κ3) is 8.30. The number of carboxylic acids is 2. The lowest BCUT2D eigenvalue weighted by atomic mass is 10.2. The zero-order valence-corrected chi connectivity index (χ0v) is 10.9. The minimum absolute atomic E-state index is 0.0706. The summed E-state index contributed by atoms with van der Waals surface area (Å²) in [6, 6.07) is -2.12. The molecule has 19 heavy (non-hydrogen) atoms. The van der Waals surface area contributed by atoms with Gasteiger partial charge in [-0.25, -0.2) is 0 Å². The molecule has 0 aromatic rings. The molecule has 0 saturated heterocycles. The van der Waals surface area contributed by atoms with E-state index in [1.807, 2.05) is 0 Å². The van der Waals surface area contributed by atoms with E-state index in [4.69, 9.17) is 21.7 Å². The van der Waals surface area contributed by atoms with Gasteiger partial charge in [-0.3, -0.25) is 19.2 Å². The van der Waals surface area contributed by atoms with Crippen molar-refractivity contribution in [2.24, 2.45) is 11.5 Å². The van der Waals surface area contributed by atoms with Crippen LogP contribution in [0.2, 0.25) is 0 Å². The minimum Gasteiger partial charge on any atom is -0.481 e. The minimum atomic E-state index is -1.09. The molecule has 9 heteroatoms. The van der Waals surface area contributed by atoms with Gasteiger partial charge >= 0.3 is 11.9 Å². The van der Waals surface area contributed by atoms with Gasteiger partial charge in [0, 0.05) is 12.8 Å². The van der Waals surface area contributed by atoms with Crippen LogP contribution in [0.25, 0.3) is 0 Å². The Labute approximate surface area is 113 Å². The van der Waals surface area contributed by atoms with Crippen LogP contribution in [0.4, 0.5) is 0 Å². The molecule has 0 aromatic carbocycles. The van der Waals surface area contributed by atoms with Gasteiger partial charge in [-0.2, -0.15) is 0 Å². The van der Waals surface area contributed by atoms with E-state index >= 15 is 0 Å². The second-order valence-electron chi connectivity index (χ2n) is 3.82. The van der Waals surface area contributed by atoms with Crippen molar-refractivity contribution in [3.8, 4) is 0 Å². The SMILES string of the molecule is NC(CCC(=O)O)C(=O)SC(=O)C(N)CCC(=O)O. The maximum absolute atomic E-state index is 11.5. The maximum Gasteiger partial charge on any atom is 0.303 e. The molecule has 0 aliphatic rings. The third-order valence-corrected chi connectivity index (χ3v) is 3.15. The van der Waals surface area contributed by atoms with Gasteiger partial charge in [0.05, 0.1) is 12.1 Å². The number of carbonyl (C=O) groups excluding carboxylic acids is 2. The van der Waals surface area contributed by atoms with Crippen molar-refractivity contribution in [2.75, 3.05) is 0 Å². The standard InChI is InChI=1S/C10H16N2O6S/c11-5(1-3-7(13)14)9(17)19-10(18)6(12)2-4-8(15)16/h5-6H,1-4,11-12H2,(H,13,14)(H,15,16). The van der Waals surface area contributed by atoms with Crippen LogP contribution in [0.5, 0.6) is 0 Å². The topological polar surface area (TPSA) is 161 Å². The summed E-state index contributed by atoms with van der Waals surface area (Å²) in [6.45, 7) is 0. The van der Waals surface area contributed by atoms with Crippen molar-refractivity contribution in [1.82, 2.24) is 0 Å². The quantitative estimate of drug-likeness (QED) is 0.446. The number of carbonyl (C=O) groups is 4. The van der Waals surface area contributed by atoms with Crippen LogP contribution in [0, 0.1) is 0 Å². The molecule has 0 amide bonds. The number of thioether (sulfide) groups is 1. The molecule has 0 aromatic heterocycles. The van der Waals surface area contributed by atoms with Crippen molar-refractivity contribution >= 4 is 33.9 Å². The van der Waals surface area contributed by atoms with Crippen molar-refractivity contribution in [3.63, 3.8) is 0 Å². The summed E-state index contributed by atoms with van der Waals surface area (Å²) < 4.78 is 0. The Morgan fingerprint density at radius 2 is 1.16 bits per heavy atom. The Morgan fingerprint density at radius 1 is 0.842 bits per heavy atom. The van der Waals surface area contributed by atoms with Gasteiger partial charge in [0.2, 0.25) is 10.2 Å². The first kappa shape index (κ1) is 17.6. The first-order valence-electron chi connectivity index (χ1n) is 5.44. The second kappa shape index (κ2) is 8.62. The second-order valence-corrected chi connectivity index (χ2v) is 4.83. The summed E-state index contributed by atoms with van der Waals surface area (Å²) in [7, 11) is 0. The molecule has 0 fully saturated rings. The zero-order chi connectivity index (χ0) is 15.0. The van der Waals surface area contributed by atoms with E-state index in [9.17, 15) is 19.2 Å². The average Bonchev–Trinajstić information content (AvgIpc) is 2.32. The first-order chi connectivity index (χ1) is 8.73. The fourth-order valence-electron chi connectivity index (χ4n) is 1.04. The number of hydrogen-bond donors (Lipinski definition) is 4. The molecule has 0 aliphatic carbocycles. The van der Waals surface area contributed by atoms with E-state index in [0.717, 1.165) is 0 Å². The molecule has 2 unspecified atom stereocenters. The fourth-order valence-corrected chi connectivity index (χ4v) is 1.78. The Balaban J connectivity index is 4.12. The summed E-state index contributed by atoms with van der Waals surface area (Å²) in [6.07, 6.45) is -0.683. The molecule has 0 spiro atoms. The largest absolute Gasteiger partial charge is 0.481 e. The predicted molar refractivity (Wildman–Crippen MR) is 67.3 cm³/mol. The van der Waals surface area contributed by atoms with Gasteiger partial charge < -0.3 is 21.7 Å². The highest BCUT2D eigenvalue weighted by Gasteiger charge is 2.23. The fraction of sp³-hybridized carbons (Fsp3) is 0.600. The maximum atomic E-state index is 11.5. The first-order valence-corrected chi connectivity index (χ1v) is 6.26. The van der Waals surface area contributed by atoms with E-state index in [-0.39, 0.29) is 25.7 Å².